The summed E-state index contributed by atoms with van der Waals surface area (Å²) in [6.07, 6.45) is 5.09. The number of benzene rings is 1. The van der Waals surface area contributed by atoms with Gasteiger partial charge in [0.15, 0.2) is 5.82 Å². The molecule has 2 N–H and O–H groups in total. The molecule has 1 aromatic heterocycles. The van der Waals surface area contributed by atoms with Crippen LogP contribution in [-0.4, -0.2) is 16.2 Å². The van der Waals surface area contributed by atoms with E-state index in [1.807, 2.05) is 30.5 Å². The van der Waals surface area contributed by atoms with Gasteiger partial charge in [0.2, 0.25) is 0 Å². The van der Waals surface area contributed by atoms with E-state index >= 15 is 0 Å². The van der Waals surface area contributed by atoms with E-state index in [1.165, 1.54) is 11.1 Å². The Hall–Kier alpha value is -1.75. The molecule has 2 rings (SSSR count). The fourth-order valence-electron chi connectivity index (χ4n) is 1.17. The number of anilines is 1. The van der Waals surface area contributed by atoms with Gasteiger partial charge in [-0.25, -0.2) is 9.97 Å². The van der Waals surface area contributed by atoms with Crippen molar-refractivity contribution in [2.75, 3.05) is 12.0 Å². The van der Waals surface area contributed by atoms with Gasteiger partial charge in [-0.15, -0.1) is 11.8 Å². The molecule has 0 fully saturated rings. The van der Waals surface area contributed by atoms with E-state index in [2.05, 4.69) is 9.97 Å². The zero-order valence-corrected chi connectivity index (χ0v) is 9.57. The lowest BCUT2D eigenvalue weighted by molar-refractivity contribution is 0.463. The molecule has 0 saturated heterocycles. The molecule has 0 bridgehead atoms. The van der Waals surface area contributed by atoms with Crippen LogP contribution in [0.15, 0.2) is 41.6 Å². The Bertz CT molecular complexity index is 473. The highest BCUT2D eigenvalue weighted by Crippen LogP contribution is 2.25. The third-order valence-electron chi connectivity index (χ3n) is 1.97. The molecule has 0 aliphatic rings. The maximum atomic E-state index is 5.62. The van der Waals surface area contributed by atoms with Gasteiger partial charge >= 0.3 is 0 Å². The lowest BCUT2D eigenvalue weighted by Crippen LogP contribution is -1.96. The van der Waals surface area contributed by atoms with Gasteiger partial charge in [0.05, 0.1) is 0 Å². The number of nitrogens with zero attached hydrogens (tertiary/aromatic N) is 2. The number of aromatic nitrogens is 2. The van der Waals surface area contributed by atoms with Crippen LogP contribution in [0.25, 0.3) is 0 Å². The number of thioether (sulfide) groups is 1. The number of nitrogens with two attached hydrogens (primary N) is 1. The van der Waals surface area contributed by atoms with Gasteiger partial charge in [0.25, 0.3) is 5.88 Å². The Kier molecular flexibility index (Phi) is 3.26. The summed E-state index contributed by atoms with van der Waals surface area (Å²) < 4.78 is 5.50. The Morgan fingerprint density at radius 2 is 1.81 bits per heavy atom. The first-order valence-corrected chi connectivity index (χ1v) is 5.90. The van der Waals surface area contributed by atoms with E-state index in [-0.39, 0.29) is 5.82 Å². The molecule has 0 aliphatic carbocycles. The summed E-state index contributed by atoms with van der Waals surface area (Å²) in [7, 11) is 0. The molecule has 5 heteroatoms. The van der Waals surface area contributed by atoms with E-state index in [0.29, 0.717) is 11.6 Å². The molecular formula is C11H11N3OS. The van der Waals surface area contributed by atoms with Gasteiger partial charge in [-0.3, -0.25) is 0 Å². The van der Waals surface area contributed by atoms with Gasteiger partial charge in [0.1, 0.15) is 5.75 Å². The van der Waals surface area contributed by atoms with Crippen molar-refractivity contribution in [1.29, 1.82) is 0 Å². The molecule has 16 heavy (non-hydrogen) atoms. The summed E-state index contributed by atoms with van der Waals surface area (Å²) in [5.41, 5.74) is 5.62. The first-order valence-electron chi connectivity index (χ1n) is 4.68. The molecule has 0 amide bonds. The van der Waals surface area contributed by atoms with Crippen LogP contribution in [-0.2, 0) is 0 Å². The first-order chi connectivity index (χ1) is 7.79. The third-order valence-corrected chi connectivity index (χ3v) is 2.71. The lowest BCUT2D eigenvalue weighted by atomic mass is 10.3. The van der Waals surface area contributed by atoms with Crippen molar-refractivity contribution < 1.29 is 4.74 Å². The average molecular weight is 233 g/mol. The molecule has 0 aliphatic heterocycles. The van der Waals surface area contributed by atoms with E-state index < -0.39 is 0 Å². The molecule has 1 aromatic carbocycles. The van der Waals surface area contributed by atoms with E-state index in [4.69, 9.17) is 10.5 Å². The van der Waals surface area contributed by atoms with Crippen LogP contribution in [0, 0.1) is 0 Å². The molecular weight excluding hydrogens is 222 g/mol. The number of ether oxygens (including phenoxy) is 1. The quantitative estimate of drug-likeness (QED) is 0.825. The smallest absolute Gasteiger partial charge is 0.262 e. The minimum atomic E-state index is 0.288. The Balaban J connectivity index is 2.18. The van der Waals surface area contributed by atoms with E-state index in [1.54, 1.807) is 18.0 Å². The van der Waals surface area contributed by atoms with Crippen LogP contribution < -0.4 is 10.5 Å². The van der Waals surface area contributed by atoms with Crippen molar-refractivity contribution in [2.45, 2.75) is 4.90 Å². The van der Waals surface area contributed by atoms with Gasteiger partial charge in [0, 0.05) is 17.3 Å². The SMILES string of the molecule is CSc1ccc(Oc2nccnc2N)cc1. The predicted molar refractivity (Wildman–Crippen MR) is 64.7 cm³/mol. The highest BCUT2D eigenvalue weighted by molar-refractivity contribution is 7.98. The molecule has 0 radical (unpaired) electrons. The topological polar surface area (TPSA) is 61.0 Å². The number of nitrogen functional groups attached to an aromatic ring is 1. The van der Waals surface area contributed by atoms with Gasteiger partial charge in [-0.05, 0) is 30.5 Å². The number of hydrogen-bond acceptors (Lipinski definition) is 5. The molecule has 0 atom stereocenters. The van der Waals surface area contributed by atoms with Gasteiger partial charge in [-0.1, -0.05) is 0 Å². The second-order valence-electron chi connectivity index (χ2n) is 3.02. The van der Waals surface area contributed by atoms with E-state index in [9.17, 15) is 0 Å². The molecule has 0 spiro atoms. The fourth-order valence-corrected chi connectivity index (χ4v) is 1.58. The fraction of sp³-hybridized carbons (Fsp3) is 0.0909. The number of hydrogen-bond donors (Lipinski definition) is 1. The van der Waals surface area contributed by atoms with Crippen molar-refractivity contribution in [1.82, 2.24) is 9.97 Å². The van der Waals surface area contributed by atoms with Crippen LogP contribution in [0.2, 0.25) is 0 Å². The minimum Gasteiger partial charge on any atom is -0.436 e. The summed E-state index contributed by atoms with van der Waals surface area (Å²) >= 11 is 1.68. The zero-order valence-electron chi connectivity index (χ0n) is 8.75. The standard InChI is InChI=1S/C11H11N3OS/c1-16-9-4-2-8(3-5-9)15-11-10(12)13-6-7-14-11/h2-7H,1H3,(H2,12,13). The Morgan fingerprint density at radius 3 is 2.44 bits per heavy atom. The Labute approximate surface area is 97.9 Å². The van der Waals surface area contributed by atoms with Crippen LogP contribution in [0.3, 0.4) is 0 Å². The summed E-state index contributed by atoms with van der Waals surface area (Å²) in [6.45, 7) is 0. The largest absolute Gasteiger partial charge is 0.436 e. The van der Waals surface area contributed by atoms with Crippen LogP contribution in [0.5, 0.6) is 11.6 Å². The van der Waals surface area contributed by atoms with Crippen LogP contribution in [0.1, 0.15) is 0 Å². The third kappa shape index (κ3) is 2.43. The lowest BCUT2D eigenvalue weighted by Gasteiger charge is -2.06. The molecule has 2 aromatic rings. The average Bonchev–Trinajstić information content (AvgIpc) is 2.33. The van der Waals surface area contributed by atoms with Crippen LogP contribution >= 0.6 is 11.8 Å². The van der Waals surface area contributed by atoms with E-state index in [0.717, 1.165) is 0 Å². The summed E-state index contributed by atoms with van der Waals surface area (Å²) in [6, 6.07) is 7.71. The van der Waals surface area contributed by atoms with Crippen molar-refractivity contribution in [3.8, 4) is 11.6 Å². The summed E-state index contributed by atoms with van der Waals surface area (Å²) in [4.78, 5) is 9.08. The molecule has 0 saturated carbocycles. The molecule has 82 valence electrons. The number of rotatable bonds is 3. The normalized spacial score (nSPS) is 10.1. The zero-order chi connectivity index (χ0) is 11.4. The van der Waals surface area contributed by atoms with Crippen molar-refractivity contribution in [3.05, 3.63) is 36.7 Å². The molecule has 4 nitrogen and oxygen atoms in total. The second kappa shape index (κ2) is 4.85. The van der Waals surface area contributed by atoms with Crippen molar-refractivity contribution in [3.63, 3.8) is 0 Å². The maximum Gasteiger partial charge on any atom is 0.262 e. The summed E-state index contributed by atoms with van der Waals surface area (Å²) in [5, 5.41) is 0. The monoisotopic (exact) mass is 233 g/mol. The van der Waals surface area contributed by atoms with Gasteiger partial charge in [-0.2, -0.15) is 0 Å². The second-order valence-corrected chi connectivity index (χ2v) is 3.90. The predicted octanol–water partition coefficient (Wildman–Crippen LogP) is 2.57. The molecule has 0 unspecified atom stereocenters. The van der Waals surface area contributed by atoms with Crippen LogP contribution in [0.4, 0.5) is 5.82 Å². The molecule has 1 heterocycles. The first kappa shape index (κ1) is 10.8. The van der Waals surface area contributed by atoms with Crippen molar-refractivity contribution >= 4 is 17.6 Å². The van der Waals surface area contributed by atoms with Gasteiger partial charge < -0.3 is 10.5 Å². The van der Waals surface area contributed by atoms with Crippen molar-refractivity contribution in [2.24, 2.45) is 0 Å². The summed E-state index contributed by atoms with van der Waals surface area (Å²) in [5.74, 6) is 1.32. The highest BCUT2D eigenvalue weighted by Gasteiger charge is 2.03. The minimum absolute atomic E-state index is 0.288. The Morgan fingerprint density at radius 1 is 1.12 bits per heavy atom. The highest BCUT2D eigenvalue weighted by atomic mass is 32.2. The maximum absolute atomic E-state index is 5.62.